The highest BCUT2D eigenvalue weighted by atomic mass is 32.2. The van der Waals surface area contributed by atoms with Gasteiger partial charge in [0.1, 0.15) is 11.7 Å². The lowest BCUT2D eigenvalue weighted by atomic mass is 9.92. The number of ether oxygens (including phenoxy) is 1. The van der Waals surface area contributed by atoms with Crippen molar-refractivity contribution >= 4 is 27.7 Å². The Labute approximate surface area is 125 Å². The van der Waals surface area contributed by atoms with Gasteiger partial charge < -0.3 is 4.74 Å². The van der Waals surface area contributed by atoms with E-state index < -0.39 is 10.1 Å². The van der Waals surface area contributed by atoms with E-state index in [0.717, 1.165) is 24.0 Å². The van der Waals surface area contributed by atoms with Crippen molar-refractivity contribution in [3.63, 3.8) is 0 Å². The van der Waals surface area contributed by atoms with E-state index >= 15 is 0 Å². The Balaban J connectivity index is 2.51. The predicted octanol–water partition coefficient (Wildman–Crippen LogP) is 2.33. The van der Waals surface area contributed by atoms with Crippen LogP contribution in [0.5, 0.6) is 0 Å². The Morgan fingerprint density at radius 3 is 2.80 bits per heavy atom. The van der Waals surface area contributed by atoms with Crippen LogP contribution >= 0.6 is 11.8 Å². The molecule has 0 radical (unpaired) electrons. The molecule has 1 saturated heterocycles. The van der Waals surface area contributed by atoms with E-state index in [0.29, 0.717) is 32.3 Å². The average molecular weight is 323 g/mol. The molecule has 1 rings (SSSR count). The second-order valence-electron chi connectivity index (χ2n) is 4.99. The second-order valence-corrected chi connectivity index (χ2v) is 7.78. The number of hydrogen-bond donors (Lipinski definition) is 1. The van der Waals surface area contributed by atoms with Crippen LogP contribution in [0.3, 0.4) is 0 Å². The SMILES string of the molecule is CCCC(=O)CC(CCCS(=O)(=O)O)[C+]1COCCS1. The second kappa shape index (κ2) is 8.92. The third kappa shape index (κ3) is 7.52. The first-order chi connectivity index (χ1) is 9.42. The van der Waals surface area contributed by atoms with Gasteiger partial charge in [-0.15, -0.1) is 0 Å². The molecule has 0 aromatic heterocycles. The van der Waals surface area contributed by atoms with Crippen molar-refractivity contribution in [1.29, 1.82) is 0 Å². The molecule has 1 N–H and O–H groups in total. The summed E-state index contributed by atoms with van der Waals surface area (Å²) in [7, 11) is -3.92. The van der Waals surface area contributed by atoms with Gasteiger partial charge >= 0.3 is 0 Å². The molecule has 1 unspecified atom stereocenters. The van der Waals surface area contributed by atoms with Gasteiger partial charge in [-0.1, -0.05) is 6.92 Å². The van der Waals surface area contributed by atoms with Crippen LogP contribution in [-0.4, -0.2) is 43.5 Å². The molecule has 0 amide bonds. The zero-order valence-electron chi connectivity index (χ0n) is 11.8. The zero-order chi connectivity index (χ0) is 15.0. The minimum atomic E-state index is -3.92. The Bertz CT molecular complexity index is 388. The fourth-order valence-corrected chi connectivity index (χ4v) is 3.82. The number of rotatable bonds is 9. The Kier molecular flexibility index (Phi) is 7.94. The summed E-state index contributed by atoms with van der Waals surface area (Å²) in [5, 5.41) is 1.14. The molecule has 0 bridgehead atoms. The minimum Gasteiger partial charge on any atom is -0.338 e. The fraction of sp³-hybridized carbons (Fsp3) is 0.846. The summed E-state index contributed by atoms with van der Waals surface area (Å²) >= 11 is 1.72. The van der Waals surface area contributed by atoms with Crippen LogP contribution < -0.4 is 0 Å². The summed E-state index contributed by atoms with van der Waals surface area (Å²) in [6, 6.07) is 0. The Morgan fingerprint density at radius 1 is 1.50 bits per heavy atom. The lowest BCUT2D eigenvalue weighted by Gasteiger charge is -2.19. The van der Waals surface area contributed by atoms with Crippen LogP contribution in [0, 0.1) is 11.2 Å². The Hall–Kier alpha value is -0.240. The van der Waals surface area contributed by atoms with E-state index in [9.17, 15) is 13.2 Å². The molecular formula is C13H23O5S2+. The van der Waals surface area contributed by atoms with Gasteiger partial charge in [0.05, 0.1) is 36.3 Å². The molecule has 0 aliphatic carbocycles. The molecule has 1 aliphatic rings. The van der Waals surface area contributed by atoms with Gasteiger partial charge in [0.25, 0.3) is 10.1 Å². The predicted molar refractivity (Wildman–Crippen MR) is 80.2 cm³/mol. The van der Waals surface area contributed by atoms with Gasteiger partial charge in [-0.25, -0.2) is 0 Å². The normalized spacial score (nSPS) is 18.0. The standard InChI is InChI=1S/C13H22O5S2/c1-2-4-12(14)9-11(5-3-8-20(15,16)17)13-10-18-6-7-19-13/h11H,2-10H2,1H3/p+1. The molecular weight excluding hydrogens is 300 g/mol. The van der Waals surface area contributed by atoms with Crippen molar-refractivity contribution in [1.82, 2.24) is 0 Å². The van der Waals surface area contributed by atoms with Crippen LogP contribution in [-0.2, 0) is 19.6 Å². The average Bonchev–Trinajstić information content (AvgIpc) is 2.37. The fourth-order valence-electron chi connectivity index (χ4n) is 2.23. The molecule has 1 heterocycles. The van der Waals surface area contributed by atoms with Crippen LogP contribution in [0.25, 0.3) is 0 Å². The maximum Gasteiger partial charge on any atom is 0.264 e. The number of Topliss-reactive ketones (excluding diaryl/α,β-unsaturated/α-hetero) is 1. The Morgan fingerprint density at radius 2 is 2.25 bits per heavy atom. The highest BCUT2D eigenvalue weighted by molar-refractivity contribution is 8.02. The summed E-state index contributed by atoms with van der Waals surface area (Å²) in [6.45, 7) is 3.23. The lowest BCUT2D eigenvalue weighted by molar-refractivity contribution is -0.119. The molecule has 1 fully saturated rings. The summed E-state index contributed by atoms with van der Waals surface area (Å²) in [6.07, 6.45) is 2.81. The first-order valence-electron chi connectivity index (χ1n) is 6.95. The highest BCUT2D eigenvalue weighted by Crippen LogP contribution is 2.36. The molecule has 20 heavy (non-hydrogen) atoms. The molecule has 1 aliphatic heterocycles. The van der Waals surface area contributed by atoms with Crippen LogP contribution in [0.15, 0.2) is 0 Å². The zero-order valence-corrected chi connectivity index (χ0v) is 13.5. The van der Waals surface area contributed by atoms with Crippen molar-refractivity contribution in [2.24, 2.45) is 5.92 Å². The molecule has 0 spiro atoms. The molecule has 7 heteroatoms. The van der Waals surface area contributed by atoms with E-state index in [1.807, 2.05) is 6.92 Å². The van der Waals surface area contributed by atoms with Crippen molar-refractivity contribution in [3.05, 3.63) is 5.25 Å². The third-order valence-electron chi connectivity index (χ3n) is 3.17. The number of thioether (sulfide) groups is 1. The van der Waals surface area contributed by atoms with E-state index in [4.69, 9.17) is 9.29 Å². The maximum absolute atomic E-state index is 11.8. The van der Waals surface area contributed by atoms with Gasteiger partial charge in [0.2, 0.25) is 6.61 Å². The monoisotopic (exact) mass is 323 g/mol. The molecule has 0 saturated carbocycles. The number of carbonyl (C=O) groups is 1. The number of carbonyl (C=O) groups excluding carboxylic acids is 1. The highest BCUT2D eigenvalue weighted by Gasteiger charge is 2.37. The van der Waals surface area contributed by atoms with Crippen molar-refractivity contribution in [2.75, 3.05) is 24.7 Å². The van der Waals surface area contributed by atoms with E-state index in [2.05, 4.69) is 0 Å². The molecule has 0 aromatic rings. The molecule has 0 aromatic carbocycles. The van der Waals surface area contributed by atoms with Crippen molar-refractivity contribution < 1.29 is 22.5 Å². The number of hydrogen-bond acceptors (Lipinski definition) is 5. The maximum atomic E-state index is 11.8. The third-order valence-corrected chi connectivity index (χ3v) is 5.17. The molecule has 5 nitrogen and oxygen atoms in total. The summed E-state index contributed by atoms with van der Waals surface area (Å²) in [5.41, 5.74) is 0. The van der Waals surface area contributed by atoms with Gasteiger partial charge in [0.15, 0.2) is 5.25 Å². The van der Waals surface area contributed by atoms with E-state index in [-0.39, 0.29) is 17.5 Å². The smallest absolute Gasteiger partial charge is 0.264 e. The van der Waals surface area contributed by atoms with Crippen LogP contribution in [0.4, 0.5) is 0 Å². The van der Waals surface area contributed by atoms with E-state index in [1.165, 1.54) is 0 Å². The first kappa shape index (κ1) is 17.8. The quantitative estimate of drug-likeness (QED) is 0.518. The van der Waals surface area contributed by atoms with Gasteiger partial charge in [0, 0.05) is 6.42 Å². The molecule has 116 valence electrons. The lowest BCUT2D eigenvalue weighted by Crippen LogP contribution is -2.24. The summed E-state index contributed by atoms with van der Waals surface area (Å²) in [5.74, 6) is 0.903. The minimum absolute atomic E-state index is 0.0566. The summed E-state index contributed by atoms with van der Waals surface area (Å²) in [4.78, 5) is 11.8. The van der Waals surface area contributed by atoms with Gasteiger partial charge in [-0.3, -0.25) is 9.35 Å². The van der Waals surface area contributed by atoms with Crippen molar-refractivity contribution in [2.45, 2.75) is 39.0 Å². The number of ketones is 1. The molecule has 1 atom stereocenters. The summed E-state index contributed by atoms with van der Waals surface area (Å²) < 4.78 is 35.7. The van der Waals surface area contributed by atoms with E-state index in [1.54, 1.807) is 11.8 Å². The largest absolute Gasteiger partial charge is 0.338 e. The topological polar surface area (TPSA) is 80.7 Å². The van der Waals surface area contributed by atoms with Crippen LogP contribution in [0.1, 0.15) is 39.0 Å². The first-order valence-corrected chi connectivity index (χ1v) is 9.55. The van der Waals surface area contributed by atoms with Gasteiger partial charge in [-0.2, -0.15) is 8.42 Å². The van der Waals surface area contributed by atoms with Crippen molar-refractivity contribution in [3.8, 4) is 0 Å². The van der Waals surface area contributed by atoms with Crippen LogP contribution in [0.2, 0.25) is 0 Å². The van der Waals surface area contributed by atoms with Gasteiger partial charge in [-0.05, 0) is 19.3 Å².